The van der Waals surface area contributed by atoms with E-state index in [1.165, 1.54) is 25.3 Å². The molecule has 10 heteroatoms. The highest BCUT2D eigenvalue weighted by Gasteiger charge is 2.19. The van der Waals surface area contributed by atoms with Gasteiger partial charge in [-0.1, -0.05) is 17.7 Å². The number of sulfonamides is 1. The molecule has 0 bridgehead atoms. The Morgan fingerprint density at radius 1 is 1.28 bits per heavy atom. The van der Waals surface area contributed by atoms with Crippen LogP contribution in [0.2, 0.25) is 0 Å². The first-order chi connectivity index (χ1) is 11.7. The molecule has 2 aromatic rings. The predicted molar refractivity (Wildman–Crippen MR) is 90.4 cm³/mol. The molecule has 0 saturated heterocycles. The first-order valence-corrected chi connectivity index (χ1v) is 8.40. The number of aryl methyl sites for hydroxylation is 1. The lowest BCUT2D eigenvalue weighted by Crippen LogP contribution is -2.18. The number of benzene rings is 2. The number of nitrogens with zero attached hydrogens (tertiary/aromatic N) is 2. The third-order valence-electron chi connectivity index (χ3n) is 3.21. The van der Waals surface area contributed by atoms with Crippen molar-refractivity contribution >= 4 is 21.9 Å². The van der Waals surface area contributed by atoms with Crippen molar-refractivity contribution in [1.82, 2.24) is 4.83 Å². The number of nitrogens with one attached hydrogen (secondary N) is 1. The average Bonchev–Trinajstić information content (AvgIpc) is 2.56. The monoisotopic (exact) mass is 365 g/mol. The van der Waals surface area contributed by atoms with Gasteiger partial charge in [0.25, 0.3) is 10.0 Å². The molecule has 0 amide bonds. The zero-order valence-electron chi connectivity index (χ0n) is 13.3. The first-order valence-electron chi connectivity index (χ1n) is 6.91. The number of nitro groups is 1. The topological polar surface area (TPSA) is 131 Å². The summed E-state index contributed by atoms with van der Waals surface area (Å²) < 4.78 is 29.0. The minimum absolute atomic E-state index is 0.0320. The second kappa shape index (κ2) is 7.18. The lowest BCUT2D eigenvalue weighted by atomic mass is 10.2. The fourth-order valence-corrected chi connectivity index (χ4v) is 2.71. The van der Waals surface area contributed by atoms with Crippen molar-refractivity contribution in [3.05, 3.63) is 57.6 Å². The molecule has 0 aromatic heterocycles. The molecular formula is C15H15N3O6S. The van der Waals surface area contributed by atoms with Gasteiger partial charge < -0.3 is 9.84 Å². The van der Waals surface area contributed by atoms with Crippen LogP contribution >= 0.6 is 0 Å². The lowest BCUT2D eigenvalue weighted by Gasteiger charge is -2.06. The van der Waals surface area contributed by atoms with Crippen LogP contribution in [-0.4, -0.2) is 31.8 Å². The third kappa shape index (κ3) is 4.23. The summed E-state index contributed by atoms with van der Waals surface area (Å²) in [5, 5.41) is 24.2. The molecule has 2 N–H and O–H groups in total. The first kappa shape index (κ1) is 18.2. The normalized spacial score (nSPS) is 11.4. The molecule has 0 radical (unpaired) electrons. The molecule has 0 heterocycles. The van der Waals surface area contributed by atoms with Gasteiger partial charge in [-0.3, -0.25) is 10.1 Å². The molecule has 0 aliphatic heterocycles. The van der Waals surface area contributed by atoms with E-state index in [9.17, 15) is 23.6 Å². The minimum Gasteiger partial charge on any atom is -0.500 e. The standard InChI is InChI=1S/C15H15N3O6S/c1-10-3-5-12(6-4-10)25(22,23)17-16-9-11-7-13(18(20)21)15(19)14(8-11)24-2/h3-9,17,19H,1-2H3/b16-9+. The number of hydrogen-bond donors (Lipinski definition) is 2. The Morgan fingerprint density at radius 3 is 2.48 bits per heavy atom. The molecule has 9 nitrogen and oxygen atoms in total. The molecular weight excluding hydrogens is 350 g/mol. The SMILES string of the molecule is COc1cc(/C=N/NS(=O)(=O)c2ccc(C)cc2)cc([N+](=O)[O-])c1O. The van der Waals surface area contributed by atoms with E-state index in [1.807, 2.05) is 11.8 Å². The molecule has 0 unspecified atom stereocenters. The number of nitro benzene ring substituents is 1. The highest BCUT2D eigenvalue weighted by atomic mass is 32.2. The third-order valence-corrected chi connectivity index (χ3v) is 4.45. The van der Waals surface area contributed by atoms with Gasteiger partial charge in [-0.2, -0.15) is 13.5 Å². The fourth-order valence-electron chi connectivity index (χ4n) is 1.92. The summed E-state index contributed by atoms with van der Waals surface area (Å²) in [7, 11) is -2.62. The molecule has 2 aromatic carbocycles. The Hall–Kier alpha value is -3.14. The molecule has 25 heavy (non-hydrogen) atoms. The van der Waals surface area contributed by atoms with Gasteiger partial charge in [-0.25, -0.2) is 4.83 Å². The van der Waals surface area contributed by atoms with Crippen LogP contribution < -0.4 is 9.57 Å². The number of phenolic OH excluding ortho intramolecular Hbond substituents is 1. The van der Waals surface area contributed by atoms with Crippen molar-refractivity contribution in [2.75, 3.05) is 7.11 Å². The van der Waals surface area contributed by atoms with E-state index in [2.05, 4.69) is 5.10 Å². The fraction of sp³-hybridized carbons (Fsp3) is 0.133. The van der Waals surface area contributed by atoms with Gasteiger partial charge in [0.05, 0.1) is 23.1 Å². The molecule has 0 spiro atoms. The van der Waals surface area contributed by atoms with Gasteiger partial charge in [0.1, 0.15) is 0 Å². The van der Waals surface area contributed by atoms with Crippen LogP contribution in [0.25, 0.3) is 0 Å². The van der Waals surface area contributed by atoms with Crippen LogP contribution in [0, 0.1) is 17.0 Å². The number of hydrogen-bond acceptors (Lipinski definition) is 7. The van der Waals surface area contributed by atoms with Crippen LogP contribution in [0.1, 0.15) is 11.1 Å². The van der Waals surface area contributed by atoms with Crippen molar-refractivity contribution < 1.29 is 23.2 Å². The number of hydrazone groups is 1. The Bertz CT molecular complexity index is 923. The Labute approximate surface area is 143 Å². The molecule has 0 aliphatic carbocycles. The molecule has 0 atom stereocenters. The van der Waals surface area contributed by atoms with Crippen molar-refractivity contribution in [2.24, 2.45) is 5.10 Å². The second-order valence-electron chi connectivity index (χ2n) is 5.01. The maximum Gasteiger partial charge on any atom is 0.315 e. The van der Waals surface area contributed by atoms with Crippen molar-refractivity contribution in [2.45, 2.75) is 11.8 Å². The van der Waals surface area contributed by atoms with E-state index in [4.69, 9.17) is 4.74 Å². The van der Waals surface area contributed by atoms with Crippen molar-refractivity contribution in [3.63, 3.8) is 0 Å². The summed E-state index contributed by atoms with van der Waals surface area (Å²) in [5.74, 6) is -0.748. The highest BCUT2D eigenvalue weighted by molar-refractivity contribution is 7.89. The van der Waals surface area contributed by atoms with E-state index in [0.717, 1.165) is 17.8 Å². The number of ether oxygens (including phenoxy) is 1. The summed E-state index contributed by atoms with van der Waals surface area (Å²) in [6.07, 6.45) is 1.07. The molecule has 0 aliphatic rings. The van der Waals surface area contributed by atoms with Crippen LogP contribution in [0.5, 0.6) is 11.5 Å². The highest BCUT2D eigenvalue weighted by Crippen LogP contribution is 2.36. The van der Waals surface area contributed by atoms with E-state index in [1.54, 1.807) is 12.1 Å². The summed E-state index contributed by atoms with van der Waals surface area (Å²) in [5.41, 5.74) is 0.501. The van der Waals surface area contributed by atoms with Crippen molar-refractivity contribution in [3.8, 4) is 11.5 Å². The van der Waals surface area contributed by atoms with Gasteiger partial charge in [0, 0.05) is 11.6 Å². The maximum atomic E-state index is 12.1. The van der Waals surface area contributed by atoms with Gasteiger partial charge >= 0.3 is 5.69 Å². The number of rotatable bonds is 6. The lowest BCUT2D eigenvalue weighted by molar-refractivity contribution is -0.386. The van der Waals surface area contributed by atoms with Gasteiger partial charge in [-0.05, 0) is 25.1 Å². The molecule has 0 fully saturated rings. The maximum absolute atomic E-state index is 12.1. The van der Waals surface area contributed by atoms with E-state index >= 15 is 0 Å². The quantitative estimate of drug-likeness (QED) is 0.457. The second-order valence-corrected chi connectivity index (χ2v) is 6.67. The number of methoxy groups -OCH3 is 1. The van der Waals surface area contributed by atoms with Crippen LogP contribution in [0.15, 0.2) is 46.4 Å². The van der Waals surface area contributed by atoms with E-state index in [-0.39, 0.29) is 16.2 Å². The average molecular weight is 365 g/mol. The summed E-state index contributed by atoms with van der Waals surface area (Å²) in [6.45, 7) is 1.83. The summed E-state index contributed by atoms with van der Waals surface area (Å²) in [6, 6.07) is 8.48. The van der Waals surface area contributed by atoms with Crippen LogP contribution in [0.4, 0.5) is 5.69 Å². The Balaban J connectivity index is 2.26. The number of aromatic hydroxyl groups is 1. The van der Waals surface area contributed by atoms with Gasteiger partial charge in [-0.15, -0.1) is 0 Å². The smallest absolute Gasteiger partial charge is 0.315 e. The zero-order valence-corrected chi connectivity index (χ0v) is 14.1. The van der Waals surface area contributed by atoms with Gasteiger partial charge in [0.15, 0.2) is 5.75 Å². The summed E-state index contributed by atoms with van der Waals surface area (Å²) in [4.78, 5) is 12.2. The van der Waals surface area contributed by atoms with Crippen LogP contribution in [0.3, 0.4) is 0 Å². The largest absolute Gasteiger partial charge is 0.500 e. The summed E-state index contributed by atoms with van der Waals surface area (Å²) >= 11 is 0. The predicted octanol–water partition coefficient (Wildman–Crippen LogP) is 1.93. The molecule has 0 saturated carbocycles. The van der Waals surface area contributed by atoms with Crippen molar-refractivity contribution in [1.29, 1.82) is 0 Å². The molecule has 2 rings (SSSR count). The zero-order chi connectivity index (χ0) is 18.6. The van der Waals surface area contributed by atoms with E-state index in [0.29, 0.717) is 0 Å². The Kier molecular flexibility index (Phi) is 5.22. The number of phenols is 1. The van der Waals surface area contributed by atoms with Crippen LogP contribution in [-0.2, 0) is 10.0 Å². The Morgan fingerprint density at radius 2 is 1.92 bits per heavy atom. The van der Waals surface area contributed by atoms with E-state index < -0.39 is 26.4 Å². The minimum atomic E-state index is -3.86. The molecule has 132 valence electrons. The van der Waals surface area contributed by atoms with Gasteiger partial charge in [0.2, 0.25) is 5.75 Å².